The number of aryl methyl sites for hydroxylation is 1. The minimum absolute atomic E-state index is 0.00626. The number of carbonyl (C=O) groups is 2. The van der Waals surface area contributed by atoms with Gasteiger partial charge in [-0.25, -0.2) is 9.48 Å². The lowest BCUT2D eigenvalue weighted by molar-refractivity contribution is -0.150. The Hall–Kier alpha value is -2.77. The molecule has 0 spiro atoms. The van der Waals surface area contributed by atoms with E-state index in [0.29, 0.717) is 17.3 Å². The molecule has 0 bridgehead atoms. The molecule has 1 aliphatic heterocycles. The van der Waals surface area contributed by atoms with Crippen LogP contribution in [0, 0.1) is 5.92 Å². The Labute approximate surface area is 155 Å². The van der Waals surface area contributed by atoms with E-state index in [0.717, 1.165) is 25.7 Å². The van der Waals surface area contributed by atoms with Gasteiger partial charge in [0.15, 0.2) is 0 Å². The van der Waals surface area contributed by atoms with Crippen LogP contribution in [0.2, 0.25) is 0 Å². The van der Waals surface area contributed by atoms with Gasteiger partial charge in [0.25, 0.3) is 5.56 Å². The zero-order valence-electron chi connectivity index (χ0n) is 15.0. The lowest BCUT2D eigenvalue weighted by Gasteiger charge is -2.33. The predicted molar refractivity (Wildman–Crippen MR) is 97.0 cm³/mol. The van der Waals surface area contributed by atoms with E-state index in [9.17, 15) is 19.5 Å². The second-order valence-corrected chi connectivity index (χ2v) is 7.39. The summed E-state index contributed by atoms with van der Waals surface area (Å²) < 4.78 is 1.18. The molecule has 1 saturated carbocycles. The first kappa shape index (κ1) is 17.6. The summed E-state index contributed by atoms with van der Waals surface area (Å²) in [6, 6.07) is 6.18. The summed E-state index contributed by atoms with van der Waals surface area (Å²) in [6.45, 7) is 0.0930. The number of amides is 1. The molecule has 0 radical (unpaired) electrons. The maximum absolute atomic E-state index is 12.9. The quantitative estimate of drug-likeness (QED) is 0.873. The molecule has 1 aliphatic carbocycles. The zero-order chi connectivity index (χ0) is 19.0. The van der Waals surface area contributed by atoms with Crippen molar-refractivity contribution in [3.63, 3.8) is 0 Å². The van der Waals surface area contributed by atoms with E-state index in [2.05, 4.69) is 10.3 Å². The standard InChI is InChI=1S/C19H22N4O4/c24-17(23-15-8-4-1-5-12(15)11-16(23)19(26)27)9-10-22-18(25)13-6-2-3-7-14(13)20-21-22/h2-3,6-7,12,15-16H,1,4-5,8-11H2,(H,26,27)/t12-,15-,16+/m1/s1. The number of carboxylic acids is 1. The SMILES string of the molecule is O=C(O)[C@@H]1C[C@H]2CCCC[C@H]2N1C(=O)CCn1nnc2ccccc2c1=O. The van der Waals surface area contributed by atoms with Crippen molar-refractivity contribution < 1.29 is 14.7 Å². The van der Waals surface area contributed by atoms with Crippen molar-refractivity contribution in [1.29, 1.82) is 0 Å². The van der Waals surface area contributed by atoms with Crippen molar-refractivity contribution in [3.05, 3.63) is 34.6 Å². The molecule has 1 amide bonds. The number of nitrogens with zero attached hydrogens (tertiary/aromatic N) is 4. The van der Waals surface area contributed by atoms with Gasteiger partial charge in [0.2, 0.25) is 5.91 Å². The first-order chi connectivity index (χ1) is 13.1. The molecule has 1 aromatic heterocycles. The van der Waals surface area contributed by atoms with Crippen molar-refractivity contribution in [2.75, 3.05) is 0 Å². The number of hydrogen-bond acceptors (Lipinski definition) is 5. The van der Waals surface area contributed by atoms with Crippen LogP contribution >= 0.6 is 0 Å². The number of rotatable bonds is 4. The molecule has 2 aliphatic rings. The Bertz CT molecular complexity index is 941. The van der Waals surface area contributed by atoms with Crippen molar-refractivity contribution in [2.45, 2.75) is 57.2 Å². The zero-order valence-corrected chi connectivity index (χ0v) is 15.0. The maximum atomic E-state index is 12.9. The molecule has 2 aromatic rings. The summed E-state index contributed by atoms with van der Waals surface area (Å²) in [5.74, 6) is -0.897. The van der Waals surface area contributed by atoms with Gasteiger partial charge >= 0.3 is 5.97 Å². The third kappa shape index (κ3) is 3.20. The predicted octanol–water partition coefficient (Wildman–Crippen LogP) is 1.43. The Morgan fingerprint density at radius 3 is 2.78 bits per heavy atom. The van der Waals surface area contributed by atoms with E-state index in [1.165, 1.54) is 4.68 Å². The van der Waals surface area contributed by atoms with Crippen LogP contribution < -0.4 is 5.56 Å². The average molecular weight is 370 g/mol. The van der Waals surface area contributed by atoms with Gasteiger partial charge in [0.05, 0.1) is 11.9 Å². The summed E-state index contributed by atoms with van der Waals surface area (Å²) in [6.07, 6.45) is 4.52. The van der Waals surface area contributed by atoms with Gasteiger partial charge in [-0.05, 0) is 37.3 Å². The van der Waals surface area contributed by atoms with E-state index in [1.807, 2.05) is 0 Å². The summed E-state index contributed by atoms with van der Waals surface area (Å²) in [5.41, 5.74) is 0.223. The van der Waals surface area contributed by atoms with Crippen LogP contribution in [-0.2, 0) is 16.1 Å². The molecule has 27 heavy (non-hydrogen) atoms. The van der Waals surface area contributed by atoms with Gasteiger partial charge in [0, 0.05) is 12.5 Å². The highest BCUT2D eigenvalue weighted by Gasteiger charge is 2.47. The lowest BCUT2D eigenvalue weighted by Crippen LogP contribution is -2.46. The van der Waals surface area contributed by atoms with Gasteiger partial charge in [-0.1, -0.05) is 30.2 Å². The average Bonchev–Trinajstić information content (AvgIpc) is 3.07. The highest BCUT2D eigenvalue weighted by atomic mass is 16.4. The lowest BCUT2D eigenvalue weighted by atomic mass is 9.84. The first-order valence-corrected chi connectivity index (χ1v) is 9.43. The molecule has 8 nitrogen and oxygen atoms in total. The first-order valence-electron chi connectivity index (χ1n) is 9.43. The van der Waals surface area contributed by atoms with E-state index in [4.69, 9.17) is 0 Å². The fourth-order valence-corrected chi connectivity index (χ4v) is 4.54. The van der Waals surface area contributed by atoms with Crippen molar-refractivity contribution in [2.24, 2.45) is 5.92 Å². The molecule has 142 valence electrons. The number of benzene rings is 1. The third-order valence-electron chi connectivity index (χ3n) is 5.83. The van der Waals surface area contributed by atoms with Gasteiger partial charge in [-0.3, -0.25) is 9.59 Å². The number of hydrogen-bond donors (Lipinski definition) is 1. The molecular formula is C19H22N4O4. The van der Waals surface area contributed by atoms with Crippen LogP contribution in [0.5, 0.6) is 0 Å². The molecule has 2 heterocycles. The Kier molecular flexibility index (Phi) is 4.63. The van der Waals surface area contributed by atoms with Crippen molar-refractivity contribution in [1.82, 2.24) is 19.9 Å². The Balaban J connectivity index is 1.52. The molecule has 8 heteroatoms. The van der Waals surface area contributed by atoms with E-state index < -0.39 is 12.0 Å². The highest BCUT2D eigenvalue weighted by Crippen LogP contribution is 2.40. The minimum atomic E-state index is -0.944. The molecule has 0 unspecified atom stereocenters. The number of aromatic nitrogens is 3. The molecule has 4 rings (SSSR count). The van der Waals surface area contributed by atoms with Crippen LogP contribution in [0.1, 0.15) is 38.5 Å². The van der Waals surface area contributed by atoms with Crippen molar-refractivity contribution >= 4 is 22.8 Å². The van der Waals surface area contributed by atoms with Gasteiger partial charge in [-0.2, -0.15) is 0 Å². The van der Waals surface area contributed by atoms with Crippen LogP contribution in [0.15, 0.2) is 29.1 Å². The Morgan fingerprint density at radius 1 is 1.19 bits per heavy atom. The summed E-state index contributed by atoms with van der Waals surface area (Å²) >= 11 is 0. The fourth-order valence-electron chi connectivity index (χ4n) is 4.54. The monoisotopic (exact) mass is 370 g/mol. The van der Waals surface area contributed by atoms with Crippen LogP contribution in [0.25, 0.3) is 10.9 Å². The van der Waals surface area contributed by atoms with Gasteiger partial charge in [-0.15, -0.1) is 5.10 Å². The highest BCUT2D eigenvalue weighted by molar-refractivity contribution is 5.84. The van der Waals surface area contributed by atoms with E-state index in [-0.39, 0.29) is 36.4 Å². The minimum Gasteiger partial charge on any atom is -0.480 e. The van der Waals surface area contributed by atoms with Crippen molar-refractivity contribution in [3.8, 4) is 0 Å². The number of aliphatic carboxylic acids is 1. The number of likely N-dealkylation sites (tertiary alicyclic amines) is 1. The number of carboxylic acid groups (broad SMARTS) is 1. The summed E-state index contributed by atoms with van der Waals surface area (Å²) in [7, 11) is 0. The summed E-state index contributed by atoms with van der Waals surface area (Å²) in [5, 5.41) is 17.9. The number of fused-ring (bicyclic) bond motifs is 2. The largest absolute Gasteiger partial charge is 0.480 e. The van der Waals surface area contributed by atoms with Crippen LogP contribution in [-0.4, -0.2) is 49.0 Å². The molecular weight excluding hydrogens is 348 g/mol. The maximum Gasteiger partial charge on any atom is 0.326 e. The van der Waals surface area contributed by atoms with Crippen LogP contribution in [0.3, 0.4) is 0 Å². The number of carbonyl (C=O) groups excluding carboxylic acids is 1. The fraction of sp³-hybridized carbons (Fsp3) is 0.526. The topological polar surface area (TPSA) is 105 Å². The normalized spacial score (nSPS) is 24.7. The van der Waals surface area contributed by atoms with Gasteiger partial charge in [0.1, 0.15) is 11.6 Å². The third-order valence-corrected chi connectivity index (χ3v) is 5.83. The van der Waals surface area contributed by atoms with Crippen LogP contribution in [0.4, 0.5) is 0 Å². The second kappa shape index (κ2) is 7.09. The molecule has 3 atom stereocenters. The molecule has 1 aromatic carbocycles. The van der Waals surface area contributed by atoms with E-state index in [1.54, 1.807) is 29.2 Å². The molecule has 2 fully saturated rings. The van der Waals surface area contributed by atoms with Gasteiger partial charge < -0.3 is 10.0 Å². The van der Waals surface area contributed by atoms with E-state index >= 15 is 0 Å². The summed E-state index contributed by atoms with van der Waals surface area (Å²) in [4.78, 5) is 38.6. The molecule has 1 N–H and O–H groups in total. The smallest absolute Gasteiger partial charge is 0.326 e. The second-order valence-electron chi connectivity index (χ2n) is 7.39. The Morgan fingerprint density at radius 2 is 1.96 bits per heavy atom. The molecule has 1 saturated heterocycles.